The highest BCUT2D eigenvalue weighted by Crippen LogP contribution is 2.33. The lowest BCUT2D eigenvalue weighted by Crippen LogP contribution is -2.40. The number of hydrogen-bond acceptors (Lipinski definition) is 3. The molecule has 5 heteroatoms. The molecule has 1 atom stereocenters. The average molecular weight is 345 g/mol. The molecule has 0 aliphatic heterocycles. The normalized spacial score (nSPS) is 16.6. The molecule has 2 rings (SSSR count). The highest BCUT2D eigenvalue weighted by Gasteiger charge is 2.19. The lowest BCUT2D eigenvalue weighted by atomic mass is 9.83. The Balaban J connectivity index is 1.94. The van der Waals surface area contributed by atoms with Crippen LogP contribution in [0.1, 0.15) is 69.0 Å². The number of carbonyl (C=O) groups is 2. The van der Waals surface area contributed by atoms with Crippen LogP contribution in [-0.2, 0) is 9.59 Å². The summed E-state index contributed by atoms with van der Waals surface area (Å²) >= 11 is 0. The molecule has 0 heterocycles. The molecule has 2 amide bonds. The Morgan fingerprint density at radius 2 is 1.72 bits per heavy atom. The van der Waals surface area contributed by atoms with Crippen LogP contribution in [0.4, 0.5) is 0 Å². The van der Waals surface area contributed by atoms with E-state index < -0.39 is 5.91 Å². The first-order valence-electron chi connectivity index (χ1n) is 9.35. The molecule has 1 aliphatic rings. The molecule has 25 heavy (non-hydrogen) atoms. The van der Waals surface area contributed by atoms with E-state index in [0.717, 1.165) is 0 Å². The molecule has 1 aromatic carbocycles. The summed E-state index contributed by atoms with van der Waals surface area (Å²) in [6, 6.07) is 8.96. The monoisotopic (exact) mass is 345 g/mol. The number of hydrogen-bond donors (Lipinski definition) is 3. The molecule has 1 fully saturated rings. The maximum atomic E-state index is 11.8. The van der Waals surface area contributed by atoms with Crippen LogP contribution in [0.2, 0.25) is 0 Å². The maximum Gasteiger partial charge on any atom is 0.236 e. The second-order valence-electron chi connectivity index (χ2n) is 7.35. The molecule has 138 valence electrons. The van der Waals surface area contributed by atoms with Gasteiger partial charge in [-0.3, -0.25) is 9.59 Å². The topological polar surface area (TPSA) is 84.2 Å². The maximum absolute atomic E-state index is 11.8. The minimum absolute atomic E-state index is 0.0970. The Labute approximate surface area is 150 Å². The molecule has 1 saturated carbocycles. The van der Waals surface area contributed by atoms with Crippen molar-refractivity contribution in [1.82, 2.24) is 10.6 Å². The summed E-state index contributed by atoms with van der Waals surface area (Å²) in [5.74, 6) is 0.299. The minimum atomic E-state index is -0.535. The molecule has 1 aliphatic carbocycles. The van der Waals surface area contributed by atoms with Crippen LogP contribution in [0.25, 0.3) is 0 Å². The van der Waals surface area contributed by atoms with Crippen LogP contribution in [0, 0.1) is 5.92 Å². The molecule has 0 bridgehead atoms. The first-order chi connectivity index (χ1) is 12.0. The van der Waals surface area contributed by atoms with Gasteiger partial charge in [0.25, 0.3) is 0 Å². The van der Waals surface area contributed by atoms with Crippen LogP contribution < -0.4 is 16.4 Å². The summed E-state index contributed by atoms with van der Waals surface area (Å²) in [4.78, 5) is 22.5. The second-order valence-corrected chi connectivity index (χ2v) is 7.35. The fourth-order valence-corrected chi connectivity index (χ4v) is 3.60. The summed E-state index contributed by atoms with van der Waals surface area (Å²) in [5, 5.41) is 5.80. The predicted molar refractivity (Wildman–Crippen MR) is 100 cm³/mol. The summed E-state index contributed by atoms with van der Waals surface area (Å²) in [7, 11) is 0. The van der Waals surface area contributed by atoms with Gasteiger partial charge in [-0.25, -0.2) is 0 Å². The summed E-state index contributed by atoms with van der Waals surface area (Å²) < 4.78 is 0. The molecule has 1 aromatic rings. The highest BCUT2D eigenvalue weighted by atomic mass is 16.2. The SMILES string of the molecule is CC(C)[C@H](NCC(=O)NCC(N)=O)c1ccc(C2CCCCC2)cc1. The lowest BCUT2D eigenvalue weighted by Gasteiger charge is -2.25. The van der Waals surface area contributed by atoms with Gasteiger partial charge in [-0.15, -0.1) is 0 Å². The van der Waals surface area contributed by atoms with E-state index in [9.17, 15) is 9.59 Å². The van der Waals surface area contributed by atoms with Crippen molar-refractivity contribution in [3.05, 3.63) is 35.4 Å². The smallest absolute Gasteiger partial charge is 0.236 e. The van der Waals surface area contributed by atoms with E-state index in [1.54, 1.807) is 0 Å². The minimum Gasteiger partial charge on any atom is -0.368 e. The van der Waals surface area contributed by atoms with Gasteiger partial charge in [0.1, 0.15) is 0 Å². The first kappa shape index (κ1) is 19.4. The van der Waals surface area contributed by atoms with Gasteiger partial charge < -0.3 is 16.4 Å². The number of rotatable bonds is 8. The van der Waals surface area contributed by atoms with Crippen molar-refractivity contribution in [3.8, 4) is 0 Å². The molecular weight excluding hydrogens is 314 g/mol. The summed E-state index contributed by atoms with van der Waals surface area (Å²) in [6.07, 6.45) is 6.63. The Morgan fingerprint density at radius 1 is 1.08 bits per heavy atom. The third-order valence-electron chi connectivity index (χ3n) is 4.98. The standard InChI is InChI=1S/C20H31N3O2/c1-14(2)20(23-13-19(25)22-12-18(21)24)17-10-8-16(9-11-17)15-6-4-3-5-7-15/h8-11,14-15,20,23H,3-7,12-13H2,1-2H3,(H2,21,24)(H,22,25)/t20-/m0/s1. The number of carbonyl (C=O) groups excluding carboxylic acids is 2. The van der Waals surface area contributed by atoms with E-state index in [0.29, 0.717) is 11.8 Å². The highest BCUT2D eigenvalue weighted by molar-refractivity contribution is 5.84. The quantitative estimate of drug-likeness (QED) is 0.677. The largest absolute Gasteiger partial charge is 0.368 e. The first-order valence-corrected chi connectivity index (χ1v) is 9.35. The van der Waals surface area contributed by atoms with Gasteiger partial charge in [0, 0.05) is 6.04 Å². The van der Waals surface area contributed by atoms with Crippen molar-refractivity contribution >= 4 is 11.8 Å². The zero-order valence-electron chi connectivity index (χ0n) is 15.4. The molecule has 0 radical (unpaired) electrons. The molecule has 4 N–H and O–H groups in total. The second kappa shape index (κ2) is 9.56. The predicted octanol–water partition coefficient (Wildman–Crippen LogP) is 2.62. The van der Waals surface area contributed by atoms with Crippen molar-refractivity contribution in [2.45, 2.75) is 57.9 Å². The van der Waals surface area contributed by atoms with Crippen LogP contribution >= 0.6 is 0 Å². The van der Waals surface area contributed by atoms with Crippen molar-refractivity contribution < 1.29 is 9.59 Å². The van der Waals surface area contributed by atoms with E-state index in [2.05, 4.69) is 48.7 Å². The third kappa shape index (κ3) is 6.16. The van der Waals surface area contributed by atoms with Gasteiger partial charge >= 0.3 is 0 Å². The van der Waals surface area contributed by atoms with E-state index >= 15 is 0 Å². The fourth-order valence-electron chi connectivity index (χ4n) is 3.60. The van der Waals surface area contributed by atoms with Crippen molar-refractivity contribution in [1.29, 1.82) is 0 Å². The van der Waals surface area contributed by atoms with Crippen LogP contribution in [-0.4, -0.2) is 24.9 Å². The molecule has 0 spiro atoms. The van der Waals surface area contributed by atoms with E-state index in [1.807, 2.05) is 0 Å². The number of nitrogens with two attached hydrogens (primary N) is 1. The van der Waals surface area contributed by atoms with Gasteiger partial charge in [0.15, 0.2) is 0 Å². The Hall–Kier alpha value is -1.88. The Kier molecular flexibility index (Phi) is 7.44. The molecule has 0 unspecified atom stereocenters. The number of benzene rings is 1. The summed E-state index contributed by atoms with van der Waals surface area (Å²) in [5.41, 5.74) is 7.66. The number of nitrogens with one attached hydrogen (secondary N) is 2. The van der Waals surface area contributed by atoms with Crippen LogP contribution in [0.15, 0.2) is 24.3 Å². The van der Waals surface area contributed by atoms with Crippen molar-refractivity contribution in [2.75, 3.05) is 13.1 Å². The third-order valence-corrected chi connectivity index (χ3v) is 4.98. The molecular formula is C20H31N3O2. The van der Waals surface area contributed by atoms with E-state index in [4.69, 9.17) is 5.73 Å². The van der Waals surface area contributed by atoms with Crippen LogP contribution in [0.3, 0.4) is 0 Å². The van der Waals surface area contributed by atoms with Crippen molar-refractivity contribution in [3.63, 3.8) is 0 Å². The molecule has 0 aromatic heterocycles. The zero-order chi connectivity index (χ0) is 18.2. The van der Waals surface area contributed by atoms with E-state index in [-0.39, 0.29) is 25.0 Å². The van der Waals surface area contributed by atoms with Crippen molar-refractivity contribution in [2.24, 2.45) is 11.7 Å². The molecule has 5 nitrogen and oxygen atoms in total. The fraction of sp³-hybridized carbons (Fsp3) is 0.600. The van der Waals surface area contributed by atoms with Gasteiger partial charge in [-0.1, -0.05) is 57.4 Å². The number of amides is 2. The Bertz CT molecular complexity index is 563. The lowest BCUT2D eigenvalue weighted by molar-refractivity contribution is -0.124. The summed E-state index contributed by atoms with van der Waals surface area (Å²) in [6.45, 7) is 4.31. The van der Waals surface area contributed by atoms with Gasteiger partial charge in [-0.2, -0.15) is 0 Å². The molecule has 0 saturated heterocycles. The van der Waals surface area contributed by atoms with E-state index in [1.165, 1.54) is 43.2 Å². The average Bonchev–Trinajstić information content (AvgIpc) is 2.61. The van der Waals surface area contributed by atoms with Gasteiger partial charge in [0.2, 0.25) is 11.8 Å². The number of primary amides is 1. The Morgan fingerprint density at radius 3 is 2.28 bits per heavy atom. The van der Waals surface area contributed by atoms with Gasteiger partial charge in [0.05, 0.1) is 13.1 Å². The van der Waals surface area contributed by atoms with Gasteiger partial charge in [-0.05, 0) is 35.8 Å². The zero-order valence-corrected chi connectivity index (χ0v) is 15.4. The van der Waals surface area contributed by atoms with Crippen LogP contribution in [0.5, 0.6) is 0 Å².